The van der Waals surface area contributed by atoms with Crippen LogP contribution in [0.1, 0.15) is 60.9 Å². The molecule has 0 aliphatic heterocycles. The molecular formula is C25H30ClNO2. The molecule has 2 atom stereocenters. The first-order chi connectivity index (χ1) is 13.9. The molecule has 0 saturated heterocycles. The Morgan fingerprint density at radius 2 is 1.97 bits per heavy atom. The number of aryl methyl sites for hydroxylation is 3. The van der Waals surface area contributed by atoms with Gasteiger partial charge in [-0.2, -0.15) is 0 Å². The van der Waals surface area contributed by atoms with Crippen molar-refractivity contribution in [3.05, 3.63) is 75.3 Å². The van der Waals surface area contributed by atoms with Crippen LogP contribution >= 0.6 is 11.6 Å². The van der Waals surface area contributed by atoms with E-state index < -0.39 is 5.97 Å². The minimum atomic E-state index is -0.679. The van der Waals surface area contributed by atoms with Gasteiger partial charge in [0, 0.05) is 10.7 Å². The number of halogens is 1. The smallest absolute Gasteiger partial charge is 0.307 e. The summed E-state index contributed by atoms with van der Waals surface area (Å²) in [5, 5.41) is 13.7. The Morgan fingerprint density at radius 3 is 2.62 bits per heavy atom. The molecule has 0 aromatic heterocycles. The summed E-state index contributed by atoms with van der Waals surface area (Å²) in [7, 11) is 0. The fourth-order valence-electron chi connectivity index (χ4n) is 4.02. The first-order valence-electron chi connectivity index (χ1n) is 10.4. The van der Waals surface area contributed by atoms with E-state index in [0.717, 1.165) is 35.5 Å². The lowest BCUT2D eigenvalue weighted by molar-refractivity contribution is -0.141. The third kappa shape index (κ3) is 5.42. The van der Waals surface area contributed by atoms with Gasteiger partial charge in [0.1, 0.15) is 0 Å². The van der Waals surface area contributed by atoms with E-state index in [0.29, 0.717) is 12.8 Å². The number of anilines is 1. The quantitative estimate of drug-likeness (QED) is 0.465. The lowest BCUT2D eigenvalue weighted by Crippen LogP contribution is -2.10. The summed E-state index contributed by atoms with van der Waals surface area (Å²) in [6.45, 7) is 6.36. The van der Waals surface area contributed by atoms with Gasteiger partial charge in [-0.3, -0.25) is 4.79 Å². The number of allylic oxidation sites excluding steroid dienone is 2. The van der Waals surface area contributed by atoms with Crippen molar-refractivity contribution in [3.8, 4) is 0 Å². The molecule has 0 fully saturated rings. The maximum Gasteiger partial charge on any atom is 0.307 e. The number of benzene rings is 2. The minimum absolute atomic E-state index is 0.229. The highest BCUT2D eigenvalue weighted by Gasteiger charge is 2.23. The van der Waals surface area contributed by atoms with Crippen molar-refractivity contribution in [2.45, 2.75) is 58.9 Å². The number of carboxylic acids is 1. The lowest BCUT2D eigenvalue weighted by atomic mass is 9.97. The van der Waals surface area contributed by atoms with Crippen molar-refractivity contribution < 1.29 is 9.90 Å². The first-order valence-corrected chi connectivity index (χ1v) is 10.8. The van der Waals surface area contributed by atoms with Crippen LogP contribution in [0.3, 0.4) is 0 Å². The Kier molecular flexibility index (Phi) is 7.02. The third-order valence-corrected chi connectivity index (χ3v) is 6.37. The summed E-state index contributed by atoms with van der Waals surface area (Å²) < 4.78 is 0. The van der Waals surface area contributed by atoms with Crippen molar-refractivity contribution in [1.29, 1.82) is 0 Å². The van der Waals surface area contributed by atoms with Crippen LogP contribution in [0.5, 0.6) is 0 Å². The molecule has 0 amide bonds. The maximum absolute atomic E-state index is 11.2. The first kappa shape index (κ1) is 21.4. The summed E-state index contributed by atoms with van der Waals surface area (Å²) in [6, 6.07) is 13.0. The van der Waals surface area contributed by atoms with Gasteiger partial charge < -0.3 is 10.4 Å². The summed E-state index contributed by atoms with van der Waals surface area (Å²) >= 11 is 6.18. The van der Waals surface area contributed by atoms with Crippen LogP contribution < -0.4 is 5.32 Å². The molecule has 1 aliphatic rings. The van der Waals surface area contributed by atoms with Crippen LogP contribution in [0.4, 0.5) is 5.69 Å². The molecule has 0 heterocycles. The maximum atomic E-state index is 11.2. The highest BCUT2D eigenvalue weighted by Crippen LogP contribution is 2.30. The molecule has 154 valence electrons. The monoisotopic (exact) mass is 411 g/mol. The highest BCUT2D eigenvalue weighted by atomic mass is 35.5. The number of rotatable bonds is 8. The second-order valence-electron chi connectivity index (χ2n) is 8.09. The van der Waals surface area contributed by atoms with E-state index in [1.54, 1.807) is 0 Å². The molecule has 29 heavy (non-hydrogen) atoms. The molecule has 0 spiro atoms. The van der Waals surface area contributed by atoms with Crippen LogP contribution in [0.25, 0.3) is 0 Å². The number of aliphatic carboxylic acids is 1. The number of carbonyl (C=O) groups is 1. The van der Waals surface area contributed by atoms with Crippen molar-refractivity contribution in [2.75, 3.05) is 5.32 Å². The number of nitrogens with one attached hydrogen (secondary N) is 1. The van der Waals surface area contributed by atoms with E-state index in [-0.39, 0.29) is 12.0 Å². The van der Waals surface area contributed by atoms with Crippen LogP contribution in [-0.4, -0.2) is 11.1 Å². The van der Waals surface area contributed by atoms with E-state index in [1.807, 2.05) is 13.0 Å². The van der Waals surface area contributed by atoms with Crippen LogP contribution in [-0.2, 0) is 11.2 Å². The minimum Gasteiger partial charge on any atom is -0.481 e. The fourth-order valence-corrected chi connectivity index (χ4v) is 4.13. The Labute approximate surface area is 178 Å². The van der Waals surface area contributed by atoms with Crippen molar-refractivity contribution in [2.24, 2.45) is 5.92 Å². The highest BCUT2D eigenvalue weighted by molar-refractivity contribution is 6.31. The van der Waals surface area contributed by atoms with Crippen molar-refractivity contribution >= 4 is 23.3 Å². The average Bonchev–Trinajstić information content (AvgIpc) is 3.18. The van der Waals surface area contributed by atoms with Crippen molar-refractivity contribution in [3.63, 3.8) is 0 Å². The SMILES string of the molecule is CCC(Nc1ccc(C)c(CCC2=CCC(C(=O)O)C2)c1)c1ccc(Cl)c(C)c1. The van der Waals surface area contributed by atoms with Crippen LogP contribution in [0.15, 0.2) is 48.0 Å². The van der Waals surface area contributed by atoms with E-state index in [2.05, 4.69) is 55.6 Å². The molecule has 3 rings (SSSR count). The molecule has 2 aromatic carbocycles. The predicted octanol–water partition coefficient (Wildman–Crippen LogP) is 6.87. The summed E-state index contributed by atoms with van der Waals surface area (Å²) in [5.41, 5.74) is 7.33. The van der Waals surface area contributed by atoms with Gasteiger partial charge in [0.05, 0.1) is 12.0 Å². The van der Waals surface area contributed by atoms with Gasteiger partial charge in [0.2, 0.25) is 0 Å². The van der Waals surface area contributed by atoms with E-state index in [9.17, 15) is 9.90 Å². The zero-order chi connectivity index (χ0) is 21.0. The summed E-state index contributed by atoms with van der Waals surface area (Å²) in [6.07, 6.45) is 6.34. The Balaban J connectivity index is 1.68. The van der Waals surface area contributed by atoms with Gasteiger partial charge >= 0.3 is 5.97 Å². The molecule has 2 aromatic rings. The van der Waals surface area contributed by atoms with Gasteiger partial charge in [-0.15, -0.1) is 0 Å². The normalized spacial score (nSPS) is 17.1. The molecule has 2 N–H and O–H groups in total. The van der Waals surface area contributed by atoms with Crippen LogP contribution in [0, 0.1) is 19.8 Å². The van der Waals surface area contributed by atoms with Crippen LogP contribution in [0.2, 0.25) is 5.02 Å². The van der Waals surface area contributed by atoms with Gasteiger partial charge in [-0.25, -0.2) is 0 Å². The second kappa shape index (κ2) is 9.49. The number of hydrogen-bond donors (Lipinski definition) is 2. The molecule has 4 heteroatoms. The predicted molar refractivity (Wildman–Crippen MR) is 121 cm³/mol. The number of hydrogen-bond acceptors (Lipinski definition) is 2. The van der Waals surface area contributed by atoms with E-state index in [1.165, 1.54) is 22.3 Å². The molecule has 0 radical (unpaired) electrons. The molecule has 2 unspecified atom stereocenters. The average molecular weight is 412 g/mol. The summed E-state index contributed by atoms with van der Waals surface area (Å²) in [5.74, 6) is -0.908. The molecular weight excluding hydrogens is 382 g/mol. The molecule has 3 nitrogen and oxygen atoms in total. The Hall–Kier alpha value is -2.26. The topological polar surface area (TPSA) is 49.3 Å². The van der Waals surface area contributed by atoms with Gasteiger partial charge in [0.15, 0.2) is 0 Å². The van der Waals surface area contributed by atoms with E-state index >= 15 is 0 Å². The zero-order valence-corrected chi connectivity index (χ0v) is 18.2. The molecule has 0 saturated carbocycles. The van der Waals surface area contributed by atoms with Crippen molar-refractivity contribution in [1.82, 2.24) is 0 Å². The largest absolute Gasteiger partial charge is 0.481 e. The number of carboxylic acid groups (broad SMARTS) is 1. The van der Waals surface area contributed by atoms with E-state index in [4.69, 9.17) is 11.6 Å². The third-order valence-electron chi connectivity index (χ3n) is 5.95. The zero-order valence-electron chi connectivity index (χ0n) is 17.5. The second-order valence-corrected chi connectivity index (χ2v) is 8.50. The standard InChI is InChI=1S/C25H30ClNO2/c1-4-24(20-10-12-23(26)17(3)13-20)27-22-11-5-16(2)19(15-22)8-6-18-7-9-21(14-18)25(28)29/h5,7,10-13,15,21,24,27H,4,6,8-9,14H2,1-3H3,(H,28,29). The fraction of sp³-hybridized carbons (Fsp3) is 0.400. The Morgan fingerprint density at radius 1 is 1.17 bits per heavy atom. The molecule has 0 bridgehead atoms. The van der Waals surface area contributed by atoms with Gasteiger partial charge in [-0.05, 0) is 86.4 Å². The molecule has 1 aliphatic carbocycles. The van der Waals surface area contributed by atoms with Gasteiger partial charge in [0.25, 0.3) is 0 Å². The summed E-state index contributed by atoms with van der Waals surface area (Å²) in [4.78, 5) is 11.2. The lowest BCUT2D eigenvalue weighted by Gasteiger charge is -2.21. The van der Waals surface area contributed by atoms with Gasteiger partial charge in [-0.1, -0.05) is 48.4 Å². The Bertz CT molecular complexity index is 919.